The second-order valence-electron chi connectivity index (χ2n) is 3.31. The number of non-ortho nitro benzene ring substituents is 1. The van der Waals surface area contributed by atoms with Gasteiger partial charge in [0, 0.05) is 12.1 Å². The lowest BCUT2D eigenvalue weighted by Crippen LogP contribution is -2.09. The first-order valence-electron chi connectivity index (χ1n) is 4.50. The summed E-state index contributed by atoms with van der Waals surface area (Å²) >= 11 is 5.73. The van der Waals surface area contributed by atoms with Crippen LogP contribution in [0, 0.1) is 10.1 Å². The van der Waals surface area contributed by atoms with Crippen LogP contribution in [0.25, 0.3) is 0 Å². The van der Waals surface area contributed by atoms with Crippen molar-refractivity contribution < 1.29 is 19.6 Å². The summed E-state index contributed by atoms with van der Waals surface area (Å²) in [6, 6.07) is 3.12. The molecule has 0 saturated heterocycles. The molecular formula is C10H8ClNO5. The quantitative estimate of drug-likeness (QED) is 0.506. The minimum Gasteiger partial charge on any atom is -0.478 e. The van der Waals surface area contributed by atoms with Crippen LogP contribution >= 0.6 is 11.6 Å². The first-order chi connectivity index (χ1) is 7.84. The third-order valence-corrected chi connectivity index (χ3v) is 2.65. The largest absolute Gasteiger partial charge is 0.478 e. The number of carbonyl (C=O) groups excluding carboxylic acids is 1. The average Bonchev–Trinajstić information content (AvgIpc) is 2.26. The zero-order chi connectivity index (χ0) is 13.2. The Morgan fingerprint density at radius 1 is 1.47 bits per heavy atom. The molecule has 0 saturated carbocycles. The normalized spacial score (nSPS) is 11.9. The summed E-state index contributed by atoms with van der Waals surface area (Å²) in [6.45, 7) is 1.18. The Bertz CT molecular complexity index is 499. The van der Waals surface area contributed by atoms with Crippen molar-refractivity contribution in [3.05, 3.63) is 39.4 Å². The number of rotatable bonds is 4. The van der Waals surface area contributed by atoms with Crippen molar-refractivity contribution in [2.75, 3.05) is 0 Å². The zero-order valence-electron chi connectivity index (χ0n) is 8.71. The molecule has 0 radical (unpaired) electrons. The van der Waals surface area contributed by atoms with Crippen LogP contribution < -0.4 is 0 Å². The lowest BCUT2D eigenvalue weighted by molar-refractivity contribution is -0.384. The lowest BCUT2D eigenvalue weighted by atomic mass is 10.0. The smallest absolute Gasteiger partial charge is 0.336 e. The van der Waals surface area contributed by atoms with Gasteiger partial charge in [0.1, 0.15) is 5.38 Å². The molecule has 0 heterocycles. The van der Waals surface area contributed by atoms with E-state index >= 15 is 0 Å². The predicted octanol–water partition coefficient (Wildman–Crippen LogP) is 2.16. The topological polar surface area (TPSA) is 97.5 Å². The maximum Gasteiger partial charge on any atom is 0.336 e. The summed E-state index contributed by atoms with van der Waals surface area (Å²) in [4.78, 5) is 31.9. The number of Topliss-reactive ketones (excluding diaryl/α,β-unsaturated/α-hetero) is 1. The number of alkyl halides is 1. The number of benzene rings is 1. The number of nitrogens with zero attached hydrogens (tertiary/aromatic N) is 1. The van der Waals surface area contributed by atoms with Crippen molar-refractivity contribution in [3.8, 4) is 0 Å². The minimum atomic E-state index is -1.29. The first kappa shape index (κ1) is 13.1. The van der Waals surface area contributed by atoms with Crippen molar-refractivity contribution in [1.82, 2.24) is 0 Å². The molecule has 1 atom stereocenters. The highest BCUT2D eigenvalue weighted by atomic mass is 35.5. The van der Waals surface area contributed by atoms with Crippen LogP contribution in [0.15, 0.2) is 18.2 Å². The Kier molecular flexibility index (Phi) is 3.80. The van der Waals surface area contributed by atoms with Crippen molar-refractivity contribution >= 4 is 29.0 Å². The molecule has 0 aromatic heterocycles. The number of hydrogen-bond acceptors (Lipinski definition) is 4. The molecule has 1 aromatic carbocycles. The van der Waals surface area contributed by atoms with Gasteiger partial charge in [-0.3, -0.25) is 14.9 Å². The maximum absolute atomic E-state index is 11.1. The van der Waals surface area contributed by atoms with E-state index in [1.807, 2.05) is 0 Å². The van der Waals surface area contributed by atoms with Gasteiger partial charge in [-0.1, -0.05) is 0 Å². The summed E-state index contributed by atoms with van der Waals surface area (Å²) in [7, 11) is 0. The molecule has 0 bridgehead atoms. The van der Waals surface area contributed by atoms with E-state index < -0.39 is 22.1 Å². The summed E-state index contributed by atoms with van der Waals surface area (Å²) in [5.41, 5.74) is -0.594. The van der Waals surface area contributed by atoms with Gasteiger partial charge in [-0.15, -0.1) is 11.6 Å². The van der Waals surface area contributed by atoms with Gasteiger partial charge >= 0.3 is 5.97 Å². The van der Waals surface area contributed by atoms with Crippen molar-refractivity contribution in [2.45, 2.75) is 12.3 Å². The van der Waals surface area contributed by atoms with E-state index in [2.05, 4.69) is 0 Å². The molecule has 6 nitrogen and oxygen atoms in total. The molecule has 0 aliphatic carbocycles. The van der Waals surface area contributed by atoms with Crippen LogP contribution in [0.3, 0.4) is 0 Å². The van der Waals surface area contributed by atoms with E-state index in [0.717, 1.165) is 18.2 Å². The SMILES string of the molecule is CC(=O)C(Cl)c1cc([N+](=O)[O-])ccc1C(=O)O. The number of hydrogen-bond donors (Lipinski definition) is 1. The zero-order valence-corrected chi connectivity index (χ0v) is 9.47. The molecular weight excluding hydrogens is 250 g/mol. The molecule has 0 aliphatic rings. The number of halogens is 1. The summed E-state index contributed by atoms with van der Waals surface area (Å²) in [5, 5.41) is 18.2. The molecule has 1 rings (SSSR count). The Balaban J connectivity index is 3.40. The fourth-order valence-electron chi connectivity index (χ4n) is 1.29. The number of carboxylic acid groups (broad SMARTS) is 1. The average molecular weight is 258 g/mol. The highest BCUT2D eigenvalue weighted by molar-refractivity contribution is 6.31. The summed E-state index contributed by atoms with van der Waals surface area (Å²) in [6.07, 6.45) is 0. The number of nitro benzene ring substituents is 1. The van der Waals surface area contributed by atoms with Crippen LogP contribution in [-0.4, -0.2) is 21.8 Å². The molecule has 0 fully saturated rings. The number of carbonyl (C=O) groups is 2. The van der Waals surface area contributed by atoms with E-state index in [4.69, 9.17) is 16.7 Å². The molecule has 0 aliphatic heterocycles. The minimum absolute atomic E-state index is 0.0686. The van der Waals surface area contributed by atoms with Gasteiger partial charge in [0.05, 0.1) is 10.5 Å². The first-order valence-corrected chi connectivity index (χ1v) is 4.94. The fourth-order valence-corrected chi connectivity index (χ4v) is 1.47. The molecule has 17 heavy (non-hydrogen) atoms. The third kappa shape index (κ3) is 2.79. The highest BCUT2D eigenvalue weighted by Gasteiger charge is 2.23. The van der Waals surface area contributed by atoms with Crippen molar-refractivity contribution in [3.63, 3.8) is 0 Å². The second kappa shape index (κ2) is 4.92. The molecule has 1 N–H and O–H groups in total. The summed E-state index contributed by atoms with van der Waals surface area (Å²) < 4.78 is 0. The van der Waals surface area contributed by atoms with E-state index in [0.29, 0.717) is 0 Å². The van der Waals surface area contributed by atoms with Gasteiger partial charge in [-0.05, 0) is 18.6 Å². The van der Waals surface area contributed by atoms with Gasteiger partial charge in [-0.2, -0.15) is 0 Å². The molecule has 0 amide bonds. The van der Waals surface area contributed by atoms with Crippen LogP contribution in [0.2, 0.25) is 0 Å². The van der Waals surface area contributed by atoms with Crippen LogP contribution in [-0.2, 0) is 4.79 Å². The monoisotopic (exact) mass is 257 g/mol. The maximum atomic E-state index is 11.1. The molecule has 7 heteroatoms. The van der Waals surface area contributed by atoms with Gasteiger partial charge in [0.25, 0.3) is 5.69 Å². The number of ketones is 1. The molecule has 1 aromatic rings. The van der Waals surface area contributed by atoms with Crippen LogP contribution in [0.5, 0.6) is 0 Å². The standard InChI is InChI=1S/C10H8ClNO5/c1-5(13)9(11)8-4-6(12(16)17)2-3-7(8)10(14)15/h2-4,9H,1H3,(H,14,15). The van der Waals surface area contributed by atoms with E-state index in [-0.39, 0.29) is 16.8 Å². The van der Waals surface area contributed by atoms with E-state index in [1.54, 1.807) is 0 Å². The Labute approximate surface area is 101 Å². The van der Waals surface area contributed by atoms with Gasteiger partial charge in [0.15, 0.2) is 5.78 Å². The van der Waals surface area contributed by atoms with Gasteiger partial charge in [0.2, 0.25) is 0 Å². The van der Waals surface area contributed by atoms with Crippen molar-refractivity contribution in [1.29, 1.82) is 0 Å². The Morgan fingerprint density at radius 3 is 2.47 bits per heavy atom. The molecule has 0 spiro atoms. The molecule has 1 unspecified atom stereocenters. The van der Waals surface area contributed by atoms with Gasteiger partial charge < -0.3 is 5.11 Å². The lowest BCUT2D eigenvalue weighted by Gasteiger charge is -2.09. The van der Waals surface area contributed by atoms with Crippen molar-refractivity contribution in [2.24, 2.45) is 0 Å². The summed E-state index contributed by atoms with van der Waals surface area (Å²) in [5.74, 6) is -1.77. The number of carboxylic acids is 1. The Morgan fingerprint density at radius 2 is 2.06 bits per heavy atom. The number of nitro groups is 1. The van der Waals surface area contributed by atoms with E-state index in [1.165, 1.54) is 6.92 Å². The van der Waals surface area contributed by atoms with E-state index in [9.17, 15) is 19.7 Å². The second-order valence-corrected chi connectivity index (χ2v) is 3.74. The number of aromatic carboxylic acids is 1. The Hall–Kier alpha value is -1.95. The van der Waals surface area contributed by atoms with Gasteiger partial charge in [-0.25, -0.2) is 4.79 Å². The van der Waals surface area contributed by atoms with Crippen LogP contribution in [0.1, 0.15) is 28.2 Å². The third-order valence-electron chi connectivity index (χ3n) is 2.11. The predicted molar refractivity (Wildman–Crippen MR) is 59.3 cm³/mol. The molecule has 90 valence electrons. The van der Waals surface area contributed by atoms with Crippen LogP contribution in [0.4, 0.5) is 5.69 Å². The highest BCUT2D eigenvalue weighted by Crippen LogP contribution is 2.28. The fraction of sp³-hybridized carbons (Fsp3) is 0.200.